The number of nitriles is 1. The first-order valence-electron chi connectivity index (χ1n) is 8.84. The molecule has 0 unspecified atom stereocenters. The lowest BCUT2D eigenvalue weighted by Crippen LogP contribution is -2.21. The Labute approximate surface area is 172 Å². The third kappa shape index (κ3) is 4.12. The number of aryl methyl sites for hydroxylation is 1. The topological polar surface area (TPSA) is 116 Å². The fourth-order valence-electron chi connectivity index (χ4n) is 2.82. The molecular weight excluding hydrogens is 390 g/mol. The first-order chi connectivity index (χ1) is 14.5. The second kappa shape index (κ2) is 8.87. The van der Waals surface area contributed by atoms with E-state index in [1.807, 2.05) is 6.07 Å². The molecule has 2 aromatic heterocycles. The summed E-state index contributed by atoms with van der Waals surface area (Å²) in [5.41, 5.74) is 0.411. The fourth-order valence-corrected chi connectivity index (χ4v) is 2.82. The largest absolute Gasteiger partial charge is 0.497 e. The van der Waals surface area contributed by atoms with E-state index in [0.717, 1.165) is 0 Å². The Morgan fingerprint density at radius 1 is 1.20 bits per heavy atom. The predicted octanol–water partition coefficient (Wildman–Crippen LogP) is 3.06. The zero-order valence-electron chi connectivity index (χ0n) is 16.6. The summed E-state index contributed by atoms with van der Waals surface area (Å²) in [6, 6.07) is 10.3. The molecule has 9 nitrogen and oxygen atoms in total. The van der Waals surface area contributed by atoms with Crippen molar-refractivity contribution in [1.82, 2.24) is 4.57 Å². The zero-order valence-corrected chi connectivity index (χ0v) is 16.6. The Morgan fingerprint density at radius 3 is 2.57 bits per heavy atom. The van der Waals surface area contributed by atoms with Crippen molar-refractivity contribution in [3.05, 3.63) is 59.6 Å². The predicted molar refractivity (Wildman–Crippen MR) is 106 cm³/mol. The smallest absolute Gasteiger partial charge is 0.343 e. The lowest BCUT2D eigenvalue weighted by molar-refractivity contribution is -0.119. The van der Waals surface area contributed by atoms with Crippen molar-refractivity contribution in [3.8, 4) is 23.5 Å². The average molecular weight is 409 g/mol. The van der Waals surface area contributed by atoms with E-state index < -0.39 is 18.5 Å². The van der Waals surface area contributed by atoms with E-state index in [9.17, 15) is 14.9 Å². The van der Waals surface area contributed by atoms with Gasteiger partial charge in [0.2, 0.25) is 5.88 Å². The number of ether oxygens (including phenoxy) is 3. The van der Waals surface area contributed by atoms with Crippen LogP contribution in [0.3, 0.4) is 0 Å². The summed E-state index contributed by atoms with van der Waals surface area (Å²) in [7, 11) is 2.97. The van der Waals surface area contributed by atoms with Gasteiger partial charge in [0.05, 0.1) is 19.9 Å². The second-order valence-electron chi connectivity index (χ2n) is 6.11. The van der Waals surface area contributed by atoms with Crippen LogP contribution in [0, 0.1) is 18.3 Å². The molecular formula is C21H19N3O6. The van der Waals surface area contributed by atoms with Crippen molar-refractivity contribution in [1.29, 1.82) is 5.26 Å². The lowest BCUT2D eigenvalue weighted by Gasteiger charge is -2.11. The molecule has 30 heavy (non-hydrogen) atoms. The quantitative estimate of drug-likeness (QED) is 0.596. The minimum Gasteiger partial charge on any atom is -0.497 e. The molecule has 0 bridgehead atoms. The molecule has 1 amide bonds. The Hall–Kier alpha value is -4.19. The van der Waals surface area contributed by atoms with Crippen LogP contribution in [0.25, 0.3) is 5.88 Å². The average Bonchev–Trinajstić information content (AvgIpc) is 3.39. The first kappa shape index (κ1) is 20.5. The number of nitrogens with zero attached hydrogens (tertiary/aromatic N) is 2. The minimum atomic E-state index is -0.831. The third-order valence-electron chi connectivity index (χ3n) is 4.24. The highest BCUT2D eigenvalue weighted by Gasteiger charge is 2.26. The van der Waals surface area contributed by atoms with Crippen LogP contribution in [0.4, 0.5) is 5.69 Å². The molecule has 0 atom stereocenters. The van der Waals surface area contributed by atoms with Gasteiger partial charge in [0.25, 0.3) is 5.91 Å². The van der Waals surface area contributed by atoms with Crippen molar-refractivity contribution in [2.45, 2.75) is 6.92 Å². The zero-order chi connectivity index (χ0) is 21.7. The summed E-state index contributed by atoms with van der Waals surface area (Å²) in [4.78, 5) is 24.8. The number of hydrogen-bond acceptors (Lipinski definition) is 7. The van der Waals surface area contributed by atoms with Gasteiger partial charge in [-0.2, -0.15) is 5.26 Å². The van der Waals surface area contributed by atoms with E-state index in [1.54, 1.807) is 54.2 Å². The summed E-state index contributed by atoms with van der Waals surface area (Å²) < 4.78 is 22.6. The lowest BCUT2D eigenvalue weighted by atomic mass is 10.1. The van der Waals surface area contributed by atoms with Gasteiger partial charge in [-0.1, -0.05) is 0 Å². The number of methoxy groups -OCH3 is 2. The molecule has 0 aliphatic rings. The minimum absolute atomic E-state index is 0.0176. The Kier molecular flexibility index (Phi) is 6.08. The number of rotatable bonds is 7. The Balaban J connectivity index is 1.71. The molecule has 0 fully saturated rings. The van der Waals surface area contributed by atoms with Gasteiger partial charge >= 0.3 is 5.97 Å². The van der Waals surface area contributed by atoms with Gasteiger partial charge in [-0.25, -0.2) is 4.79 Å². The van der Waals surface area contributed by atoms with E-state index in [1.165, 1.54) is 14.2 Å². The van der Waals surface area contributed by atoms with E-state index in [2.05, 4.69) is 5.32 Å². The molecule has 2 heterocycles. The molecule has 3 aromatic rings. The van der Waals surface area contributed by atoms with Crippen LogP contribution < -0.4 is 14.8 Å². The summed E-state index contributed by atoms with van der Waals surface area (Å²) >= 11 is 0. The number of hydrogen-bond donors (Lipinski definition) is 1. The van der Waals surface area contributed by atoms with Crippen molar-refractivity contribution in [3.63, 3.8) is 0 Å². The molecule has 0 radical (unpaired) electrons. The Morgan fingerprint density at radius 2 is 1.93 bits per heavy atom. The van der Waals surface area contributed by atoms with Crippen LogP contribution in [0.15, 0.2) is 47.1 Å². The van der Waals surface area contributed by atoms with Crippen LogP contribution in [0.1, 0.15) is 21.7 Å². The molecule has 0 aliphatic heterocycles. The fraction of sp³-hybridized carbons (Fsp3) is 0.190. The number of esters is 1. The number of carbonyl (C=O) groups excluding carboxylic acids is 2. The molecule has 0 spiro atoms. The van der Waals surface area contributed by atoms with Crippen LogP contribution in [0.2, 0.25) is 0 Å². The van der Waals surface area contributed by atoms with E-state index in [0.29, 0.717) is 17.2 Å². The molecule has 0 aliphatic carbocycles. The number of nitrogens with one attached hydrogen (secondary N) is 1. The van der Waals surface area contributed by atoms with Gasteiger partial charge in [0, 0.05) is 18.5 Å². The van der Waals surface area contributed by atoms with Crippen molar-refractivity contribution >= 4 is 17.6 Å². The van der Waals surface area contributed by atoms with Crippen molar-refractivity contribution in [2.75, 3.05) is 26.1 Å². The van der Waals surface area contributed by atoms with Gasteiger partial charge in [-0.15, -0.1) is 0 Å². The van der Waals surface area contributed by atoms with Gasteiger partial charge in [0.15, 0.2) is 6.61 Å². The molecule has 0 saturated heterocycles. The molecule has 3 rings (SSSR count). The maximum atomic E-state index is 12.5. The molecule has 0 saturated carbocycles. The van der Waals surface area contributed by atoms with E-state index in [4.69, 9.17) is 18.6 Å². The van der Waals surface area contributed by atoms with Gasteiger partial charge < -0.3 is 23.9 Å². The van der Waals surface area contributed by atoms with Crippen molar-refractivity contribution < 1.29 is 28.2 Å². The summed E-state index contributed by atoms with van der Waals surface area (Å²) in [6.45, 7) is 0.995. The summed E-state index contributed by atoms with van der Waals surface area (Å²) in [5, 5.41) is 12.1. The maximum absolute atomic E-state index is 12.5. The van der Waals surface area contributed by atoms with Crippen LogP contribution in [0.5, 0.6) is 11.5 Å². The molecule has 1 aromatic carbocycles. The highest BCUT2D eigenvalue weighted by Crippen LogP contribution is 2.29. The van der Waals surface area contributed by atoms with Crippen LogP contribution in [-0.2, 0) is 9.53 Å². The van der Waals surface area contributed by atoms with Gasteiger partial charge in [-0.05, 0) is 31.2 Å². The van der Waals surface area contributed by atoms with Crippen molar-refractivity contribution in [2.24, 2.45) is 0 Å². The standard InChI is InChI=1S/C21H19N3O6/c1-13-19(15(11-22)20(30-13)24-8-4-5-9-24)21(26)29-12-18(25)23-16-7-6-14(27-2)10-17(16)28-3/h4-10H,12H2,1-3H3,(H,23,25). The number of anilines is 1. The molecule has 154 valence electrons. The van der Waals surface area contributed by atoms with Crippen LogP contribution >= 0.6 is 0 Å². The second-order valence-corrected chi connectivity index (χ2v) is 6.11. The summed E-state index contributed by atoms with van der Waals surface area (Å²) in [6.07, 6.45) is 3.37. The Bertz CT molecular complexity index is 1110. The van der Waals surface area contributed by atoms with Crippen LogP contribution in [-0.4, -0.2) is 37.3 Å². The number of amides is 1. The van der Waals surface area contributed by atoms with Gasteiger partial charge in [0.1, 0.15) is 34.5 Å². The maximum Gasteiger partial charge on any atom is 0.343 e. The first-order valence-corrected chi connectivity index (χ1v) is 8.84. The highest BCUT2D eigenvalue weighted by molar-refractivity contribution is 5.98. The normalized spacial score (nSPS) is 10.2. The van der Waals surface area contributed by atoms with E-state index in [-0.39, 0.29) is 22.8 Å². The highest BCUT2D eigenvalue weighted by atomic mass is 16.5. The summed E-state index contributed by atoms with van der Waals surface area (Å²) in [5.74, 6) is -0.0194. The number of furan rings is 1. The molecule has 1 N–H and O–H groups in total. The molecule has 9 heteroatoms. The van der Waals surface area contributed by atoms with Gasteiger partial charge in [-0.3, -0.25) is 9.36 Å². The number of carbonyl (C=O) groups is 2. The monoisotopic (exact) mass is 409 g/mol. The SMILES string of the molecule is COc1ccc(NC(=O)COC(=O)c2c(C)oc(-n3cccc3)c2C#N)c(OC)c1. The number of aromatic nitrogens is 1. The number of benzene rings is 1. The third-order valence-corrected chi connectivity index (χ3v) is 4.24. The van der Waals surface area contributed by atoms with E-state index >= 15 is 0 Å².